The third-order valence-corrected chi connectivity index (χ3v) is 6.61. The van der Waals surface area contributed by atoms with Gasteiger partial charge in [-0.25, -0.2) is 0 Å². The van der Waals surface area contributed by atoms with Crippen molar-refractivity contribution in [2.45, 2.75) is 25.4 Å². The Morgan fingerprint density at radius 2 is 1.75 bits per heavy atom. The summed E-state index contributed by atoms with van der Waals surface area (Å²) in [6.45, 7) is 4.25. The highest BCUT2D eigenvalue weighted by atomic mass is 16.2. The number of piperazine rings is 1. The normalized spacial score (nSPS) is 20.0. The molecule has 32 heavy (non-hydrogen) atoms. The molecule has 0 aliphatic carbocycles. The van der Waals surface area contributed by atoms with Gasteiger partial charge in [0.15, 0.2) is 0 Å². The number of hydrogen-bond donors (Lipinski definition) is 0. The zero-order valence-corrected chi connectivity index (χ0v) is 18.2. The van der Waals surface area contributed by atoms with Crippen molar-refractivity contribution in [3.8, 4) is 0 Å². The molecule has 2 saturated heterocycles. The van der Waals surface area contributed by atoms with Gasteiger partial charge in [-0.15, -0.1) is 0 Å². The Kier molecular flexibility index (Phi) is 5.86. The fraction of sp³-hybridized carbons (Fsp3) is 0.346. The summed E-state index contributed by atoms with van der Waals surface area (Å²) in [5, 5.41) is 0.975. The molecule has 0 N–H and O–H groups in total. The van der Waals surface area contributed by atoms with Crippen LogP contribution >= 0.6 is 0 Å². The molecule has 2 amide bonds. The standard InChI is InChI=1S/C26H28N4O2/c31-25(22-10-11-23-21(18-22)8-4-12-27-23)29-16-14-28(15-17-29)24-9-5-13-30(26(24)32)19-20-6-2-1-3-7-20/h1-4,6-8,10-12,18,24H,5,9,13-17,19H2/t24-/m0/s1. The first-order valence-electron chi connectivity index (χ1n) is 11.4. The average Bonchev–Trinajstić information content (AvgIpc) is 2.85. The summed E-state index contributed by atoms with van der Waals surface area (Å²) in [5.74, 6) is 0.276. The van der Waals surface area contributed by atoms with Crippen LogP contribution in [0.25, 0.3) is 10.9 Å². The van der Waals surface area contributed by atoms with E-state index >= 15 is 0 Å². The number of carbonyl (C=O) groups excluding carboxylic acids is 2. The molecule has 1 atom stereocenters. The Labute approximate surface area is 188 Å². The van der Waals surface area contributed by atoms with Gasteiger partial charge in [-0.3, -0.25) is 19.5 Å². The average molecular weight is 429 g/mol. The van der Waals surface area contributed by atoms with Crippen LogP contribution in [0.2, 0.25) is 0 Å². The summed E-state index contributed by atoms with van der Waals surface area (Å²) in [6.07, 6.45) is 3.68. The van der Waals surface area contributed by atoms with Gasteiger partial charge in [-0.2, -0.15) is 0 Å². The summed E-state index contributed by atoms with van der Waals surface area (Å²) in [6, 6.07) is 19.7. The number of benzene rings is 2. The summed E-state index contributed by atoms with van der Waals surface area (Å²) < 4.78 is 0. The minimum atomic E-state index is -0.0727. The van der Waals surface area contributed by atoms with Crippen LogP contribution in [0.1, 0.15) is 28.8 Å². The first kappa shape index (κ1) is 20.6. The van der Waals surface area contributed by atoms with E-state index in [9.17, 15) is 9.59 Å². The second-order valence-electron chi connectivity index (χ2n) is 8.64. The molecule has 0 unspecified atom stereocenters. The minimum absolute atomic E-state index is 0.0519. The topological polar surface area (TPSA) is 56.8 Å². The molecular formula is C26H28N4O2. The summed E-state index contributed by atoms with van der Waals surface area (Å²) in [7, 11) is 0. The van der Waals surface area contributed by atoms with Crippen LogP contribution in [0.4, 0.5) is 0 Å². The monoisotopic (exact) mass is 428 g/mol. The van der Waals surface area contributed by atoms with Gasteiger partial charge in [0.25, 0.3) is 5.91 Å². The maximum absolute atomic E-state index is 13.2. The SMILES string of the molecule is O=C(c1ccc2ncccc2c1)N1CCN([C@H]2CCCN(Cc3ccccc3)C2=O)CC1. The van der Waals surface area contributed by atoms with Crippen LogP contribution < -0.4 is 0 Å². The second-order valence-corrected chi connectivity index (χ2v) is 8.64. The van der Waals surface area contributed by atoms with E-state index in [-0.39, 0.29) is 17.9 Å². The number of hydrogen-bond acceptors (Lipinski definition) is 4. The molecule has 0 saturated carbocycles. The van der Waals surface area contributed by atoms with E-state index in [0.717, 1.165) is 43.4 Å². The quantitative estimate of drug-likeness (QED) is 0.641. The number of nitrogens with zero attached hydrogens (tertiary/aromatic N) is 4. The largest absolute Gasteiger partial charge is 0.337 e. The molecule has 3 heterocycles. The van der Waals surface area contributed by atoms with Gasteiger partial charge in [0.2, 0.25) is 5.91 Å². The lowest BCUT2D eigenvalue weighted by Gasteiger charge is -2.42. The van der Waals surface area contributed by atoms with E-state index in [1.54, 1.807) is 6.20 Å². The molecule has 0 bridgehead atoms. The molecule has 5 rings (SSSR count). The molecule has 164 valence electrons. The molecular weight excluding hydrogens is 400 g/mol. The molecule has 2 fully saturated rings. The summed E-state index contributed by atoms with van der Waals surface area (Å²) >= 11 is 0. The molecule has 0 radical (unpaired) electrons. The number of carbonyl (C=O) groups is 2. The minimum Gasteiger partial charge on any atom is -0.337 e. The van der Waals surface area contributed by atoms with Gasteiger partial charge in [-0.1, -0.05) is 36.4 Å². The van der Waals surface area contributed by atoms with E-state index in [1.165, 1.54) is 5.56 Å². The molecule has 0 spiro atoms. The lowest BCUT2D eigenvalue weighted by atomic mass is 10.0. The van der Waals surface area contributed by atoms with Crippen LogP contribution in [0.3, 0.4) is 0 Å². The molecule has 3 aromatic rings. The van der Waals surface area contributed by atoms with E-state index in [2.05, 4.69) is 22.0 Å². The van der Waals surface area contributed by atoms with Crippen LogP contribution in [0.5, 0.6) is 0 Å². The Bertz CT molecular complexity index is 1110. The van der Waals surface area contributed by atoms with Crippen molar-refractivity contribution in [3.05, 3.63) is 78.0 Å². The molecule has 6 nitrogen and oxygen atoms in total. The van der Waals surface area contributed by atoms with Crippen LogP contribution in [-0.4, -0.2) is 70.3 Å². The Balaban J connectivity index is 1.21. The fourth-order valence-corrected chi connectivity index (χ4v) is 4.85. The highest BCUT2D eigenvalue weighted by Crippen LogP contribution is 2.22. The number of amides is 2. The number of aromatic nitrogens is 1. The predicted molar refractivity (Wildman–Crippen MR) is 124 cm³/mol. The highest BCUT2D eigenvalue weighted by Gasteiger charge is 2.35. The van der Waals surface area contributed by atoms with Crippen molar-refractivity contribution in [2.24, 2.45) is 0 Å². The van der Waals surface area contributed by atoms with Crippen molar-refractivity contribution in [1.82, 2.24) is 19.7 Å². The van der Waals surface area contributed by atoms with E-state index in [1.807, 2.05) is 58.3 Å². The zero-order chi connectivity index (χ0) is 21.9. The van der Waals surface area contributed by atoms with Crippen molar-refractivity contribution in [1.29, 1.82) is 0 Å². The molecule has 2 aliphatic heterocycles. The Morgan fingerprint density at radius 1 is 0.938 bits per heavy atom. The van der Waals surface area contributed by atoms with E-state index in [4.69, 9.17) is 0 Å². The lowest BCUT2D eigenvalue weighted by molar-refractivity contribution is -0.141. The van der Waals surface area contributed by atoms with E-state index in [0.29, 0.717) is 25.2 Å². The van der Waals surface area contributed by atoms with Gasteiger partial charge in [0.1, 0.15) is 0 Å². The van der Waals surface area contributed by atoms with Crippen molar-refractivity contribution < 1.29 is 9.59 Å². The van der Waals surface area contributed by atoms with Crippen LogP contribution in [-0.2, 0) is 11.3 Å². The van der Waals surface area contributed by atoms with Gasteiger partial charge < -0.3 is 9.80 Å². The van der Waals surface area contributed by atoms with Crippen molar-refractivity contribution >= 4 is 22.7 Å². The molecule has 6 heteroatoms. The smallest absolute Gasteiger partial charge is 0.253 e. The number of rotatable bonds is 4. The summed E-state index contributed by atoms with van der Waals surface area (Å²) in [5.41, 5.74) is 2.76. The van der Waals surface area contributed by atoms with E-state index < -0.39 is 0 Å². The van der Waals surface area contributed by atoms with Crippen molar-refractivity contribution in [2.75, 3.05) is 32.7 Å². The maximum atomic E-state index is 13.2. The number of pyridine rings is 1. The highest BCUT2D eigenvalue weighted by molar-refractivity contribution is 5.98. The van der Waals surface area contributed by atoms with Gasteiger partial charge in [0, 0.05) is 56.4 Å². The maximum Gasteiger partial charge on any atom is 0.253 e. The van der Waals surface area contributed by atoms with Crippen LogP contribution in [0, 0.1) is 0 Å². The first-order chi connectivity index (χ1) is 15.7. The predicted octanol–water partition coefficient (Wildman–Crippen LogP) is 3.18. The Morgan fingerprint density at radius 3 is 2.56 bits per heavy atom. The third kappa shape index (κ3) is 4.23. The van der Waals surface area contributed by atoms with Gasteiger partial charge >= 0.3 is 0 Å². The molecule has 2 aromatic carbocycles. The van der Waals surface area contributed by atoms with Gasteiger partial charge in [0.05, 0.1) is 11.6 Å². The first-order valence-corrected chi connectivity index (χ1v) is 11.4. The lowest BCUT2D eigenvalue weighted by Crippen LogP contribution is -2.58. The number of piperidine rings is 1. The Hall–Kier alpha value is -3.25. The third-order valence-electron chi connectivity index (χ3n) is 6.61. The zero-order valence-electron chi connectivity index (χ0n) is 18.2. The van der Waals surface area contributed by atoms with Gasteiger partial charge in [-0.05, 0) is 42.7 Å². The fourth-order valence-electron chi connectivity index (χ4n) is 4.85. The van der Waals surface area contributed by atoms with Crippen LogP contribution in [0.15, 0.2) is 66.9 Å². The second kappa shape index (κ2) is 9.09. The molecule has 2 aliphatic rings. The van der Waals surface area contributed by atoms with Crippen molar-refractivity contribution in [3.63, 3.8) is 0 Å². The summed E-state index contributed by atoms with van der Waals surface area (Å²) in [4.78, 5) is 36.7. The number of likely N-dealkylation sites (tertiary alicyclic amines) is 1. The number of fused-ring (bicyclic) bond motifs is 1. The molecule has 1 aromatic heterocycles.